The third-order valence-electron chi connectivity index (χ3n) is 6.74. The van der Waals surface area contributed by atoms with Gasteiger partial charge in [-0.05, 0) is 36.2 Å². The van der Waals surface area contributed by atoms with Crippen LogP contribution < -0.4 is 32.4 Å². The van der Waals surface area contributed by atoms with Crippen LogP contribution in [0, 0.1) is 0 Å². The van der Waals surface area contributed by atoms with E-state index in [4.69, 9.17) is 31.5 Å². The molecule has 2 aliphatic heterocycles. The third kappa shape index (κ3) is 6.44. The molecule has 8 N–H and O–H groups in total. The molecule has 5 rings (SSSR count). The topological polar surface area (TPSA) is 212 Å². The fourth-order valence-electron chi connectivity index (χ4n) is 4.76. The highest BCUT2D eigenvalue weighted by Crippen LogP contribution is 2.34. The molecule has 0 amide bonds. The van der Waals surface area contributed by atoms with E-state index in [1.165, 1.54) is 23.0 Å². The Morgan fingerprint density at radius 2 is 1.86 bits per heavy atom. The number of imidazole rings is 1. The monoisotopic (exact) mass is 633 g/mol. The third-order valence-corrected chi connectivity index (χ3v) is 6.91. The first-order valence-electron chi connectivity index (χ1n) is 12.8. The molecule has 0 bridgehead atoms. The SMILES string of the molecule is CCOC(=O)C(Cc1ccc(OC(F)(F)F)cc1)(OC[C@H]1O[C@@H](n2cnc3c(N)nc(Cl)nc32)[C@H](O)[C@@H]1O)C1NNNN1. The van der Waals surface area contributed by atoms with E-state index in [1.54, 1.807) is 6.92 Å². The molecule has 1 unspecified atom stereocenters. The number of nitrogens with two attached hydrogens (primary N) is 1. The Labute approximate surface area is 245 Å². The van der Waals surface area contributed by atoms with Crippen LogP contribution in [0.25, 0.3) is 11.2 Å². The van der Waals surface area contributed by atoms with E-state index in [0.29, 0.717) is 5.56 Å². The number of ether oxygens (including phenoxy) is 4. The summed E-state index contributed by atoms with van der Waals surface area (Å²) >= 11 is 5.94. The molecule has 0 spiro atoms. The van der Waals surface area contributed by atoms with Gasteiger partial charge >= 0.3 is 12.3 Å². The maximum atomic E-state index is 13.5. The summed E-state index contributed by atoms with van der Waals surface area (Å²) in [5.74, 6) is -1.30. The van der Waals surface area contributed by atoms with Crippen LogP contribution in [-0.4, -0.2) is 85.4 Å². The van der Waals surface area contributed by atoms with Gasteiger partial charge in [-0.2, -0.15) is 21.0 Å². The minimum absolute atomic E-state index is 0.00216. The average molecular weight is 634 g/mol. The summed E-state index contributed by atoms with van der Waals surface area (Å²) in [5, 5.41) is 21.6. The molecule has 0 radical (unpaired) electrons. The molecule has 0 aliphatic carbocycles. The van der Waals surface area contributed by atoms with Gasteiger partial charge in [-0.1, -0.05) is 12.1 Å². The second-order valence-electron chi connectivity index (χ2n) is 9.51. The highest BCUT2D eigenvalue weighted by Gasteiger charge is 2.52. The van der Waals surface area contributed by atoms with Gasteiger partial charge in [-0.25, -0.2) is 20.6 Å². The van der Waals surface area contributed by atoms with E-state index in [2.05, 4.69) is 41.6 Å². The lowest BCUT2D eigenvalue weighted by molar-refractivity contribution is -0.274. The molecule has 234 valence electrons. The van der Waals surface area contributed by atoms with Gasteiger partial charge in [0.05, 0.1) is 19.5 Å². The summed E-state index contributed by atoms with van der Waals surface area (Å²) in [6.45, 7) is 1.11. The fourth-order valence-corrected chi connectivity index (χ4v) is 4.93. The van der Waals surface area contributed by atoms with Crippen LogP contribution in [0.3, 0.4) is 0 Å². The number of aliphatic hydroxyl groups excluding tert-OH is 2. The van der Waals surface area contributed by atoms with Crippen LogP contribution in [0.2, 0.25) is 5.28 Å². The Morgan fingerprint density at radius 3 is 2.51 bits per heavy atom. The van der Waals surface area contributed by atoms with Crippen molar-refractivity contribution in [3.05, 3.63) is 41.4 Å². The van der Waals surface area contributed by atoms with Gasteiger partial charge in [0, 0.05) is 6.42 Å². The summed E-state index contributed by atoms with van der Waals surface area (Å²) in [6, 6.07) is 4.84. The summed E-state index contributed by atoms with van der Waals surface area (Å²) in [4.78, 5) is 25.5. The quantitative estimate of drug-likeness (QED) is 0.112. The molecular formula is C23H27ClF3N9O7. The molecule has 2 aliphatic rings. The molecule has 16 nitrogen and oxygen atoms in total. The van der Waals surface area contributed by atoms with Crippen LogP contribution in [0.1, 0.15) is 18.7 Å². The number of aliphatic hydroxyl groups is 2. The smallest absolute Gasteiger partial charge is 0.464 e. The van der Waals surface area contributed by atoms with Crippen molar-refractivity contribution in [1.29, 1.82) is 0 Å². The summed E-state index contributed by atoms with van der Waals surface area (Å²) < 4.78 is 60.6. The Hall–Kier alpha value is -3.40. The van der Waals surface area contributed by atoms with Gasteiger partial charge in [-0.3, -0.25) is 4.57 Å². The number of alkyl halides is 3. The summed E-state index contributed by atoms with van der Waals surface area (Å²) in [7, 11) is 0. The largest absolute Gasteiger partial charge is 0.573 e. The molecule has 20 heteroatoms. The summed E-state index contributed by atoms with van der Waals surface area (Å²) in [6.07, 6.45) is -10.2. The molecule has 3 aromatic rings. The van der Waals surface area contributed by atoms with Gasteiger partial charge < -0.3 is 34.9 Å². The zero-order valence-electron chi connectivity index (χ0n) is 22.2. The average Bonchev–Trinajstić information content (AvgIpc) is 3.68. The zero-order valence-corrected chi connectivity index (χ0v) is 23.0. The number of fused-ring (bicyclic) bond motifs is 1. The lowest BCUT2D eigenvalue weighted by Gasteiger charge is -2.36. The van der Waals surface area contributed by atoms with Gasteiger partial charge in [0.25, 0.3) is 0 Å². The second-order valence-corrected chi connectivity index (χ2v) is 9.85. The van der Waals surface area contributed by atoms with Gasteiger partial charge in [-0.15, -0.1) is 13.2 Å². The second kappa shape index (κ2) is 12.3. The Bertz CT molecular complexity index is 1440. The van der Waals surface area contributed by atoms with Gasteiger partial charge in [0.1, 0.15) is 35.7 Å². The molecule has 43 heavy (non-hydrogen) atoms. The zero-order chi connectivity index (χ0) is 30.9. The first kappa shape index (κ1) is 31.0. The minimum atomic E-state index is -4.88. The lowest BCUT2D eigenvalue weighted by atomic mass is 9.90. The Morgan fingerprint density at radius 1 is 1.16 bits per heavy atom. The minimum Gasteiger partial charge on any atom is -0.464 e. The molecule has 1 aromatic carbocycles. The van der Waals surface area contributed by atoms with E-state index in [9.17, 15) is 28.2 Å². The van der Waals surface area contributed by atoms with Crippen molar-refractivity contribution in [2.24, 2.45) is 0 Å². The van der Waals surface area contributed by atoms with Crippen molar-refractivity contribution in [2.75, 3.05) is 18.9 Å². The Balaban J connectivity index is 1.40. The van der Waals surface area contributed by atoms with Crippen molar-refractivity contribution in [2.45, 2.75) is 56.0 Å². The number of anilines is 1. The highest BCUT2D eigenvalue weighted by atomic mass is 35.5. The molecule has 0 saturated carbocycles. The first-order valence-corrected chi connectivity index (χ1v) is 13.1. The number of nitrogens with zero attached hydrogens (tertiary/aromatic N) is 4. The molecule has 2 saturated heterocycles. The summed E-state index contributed by atoms with van der Waals surface area (Å²) in [5.41, 5.74) is 15.4. The van der Waals surface area contributed by atoms with Gasteiger partial charge in [0.15, 0.2) is 23.3 Å². The normalized spacial score (nSPS) is 24.3. The number of carbonyl (C=O) groups is 1. The molecular weight excluding hydrogens is 607 g/mol. The van der Waals surface area contributed by atoms with Crippen molar-refractivity contribution in [3.63, 3.8) is 0 Å². The Kier molecular flexibility index (Phi) is 8.88. The fraction of sp³-hybridized carbons (Fsp3) is 0.478. The first-order chi connectivity index (χ1) is 20.4. The van der Waals surface area contributed by atoms with Crippen molar-refractivity contribution < 1.29 is 47.1 Å². The number of benzene rings is 1. The van der Waals surface area contributed by atoms with Crippen molar-refractivity contribution in [3.8, 4) is 5.75 Å². The number of esters is 1. The van der Waals surface area contributed by atoms with E-state index < -0.39 is 61.0 Å². The number of rotatable bonds is 10. The van der Waals surface area contributed by atoms with Crippen LogP contribution in [0.5, 0.6) is 5.75 Å². The predicted octanol–water partition coefficient (Wildman–Crippen LogP) is -0.416. The van der Waals surface area contributed by atoms with Crippen LogP contribution >= 0.6 is 11.6 Å². The predicted molar refractivity (Wildman–Crippen MR) is 139 cm³/mol. The van der Waals surface area contributed by atoms with E-state index >= 15 is 0 Å². The molecule has 2 fully saturated rings. The highest BCUT2D eigenvalue weighted by molar-refractivity contribution is 6.28. The number of hydrazine groups is 3. The molecule has 5 atom stereocenters. The van der Waals surface area contributed by atoms with E-state index in [0.717, 1.165) is 12.1 Å². The maximum Gasteiger partial charge on any atom is 0.573 e. The number of hydrogen-bond donors (Lipinski definition) is 7. The van der Waals surface area contributed by atoms with E-state index in [1.807, 2.05) is 0 Å². The van der Waals surface area contributed by atoms with Crippen LogP contribution in [-0.2, 0) is 25.4 Å². The van der Waals surface area contributed by atoms with Crippen LogP contribution in [0.15, 0.2) is 30.6 Å². The number of aromatic nitrogens is 4. The number of halogens is 4. The van der Waals surface area contributed by atoms with Crippen molar-refractivity contribution in [1.82, 2.24) is 41.4 Å². The molecule has 4 heterocycles. The number of hydrogen-bond acceptors (Lipinski definition) is 15. The van der Waals surface area contributed by atoms with Crippen molar-refractivity contribution >= 4 is 34.6 Å². The van der Waals surface area contributed by atoms with Crippen LogP contribution in [0.4, 0.5) is 19.0 Å². The standard InChI is InChI=1S/C23H27ClF3N9O7/c1-2-40-20(39)22(19-32-34-35-33-19,7-10-3-5-11(6-4-10)43-23(25,26)27)41-8-12-14(37)15(38)18(42-12)36-9-29-13-16(28)30-21(24)31-17(13)36/h3-6,9,12,14-15,18-19,32-35,37-38H,2,7-8H2,1H3,(H2,28,30,31)/t12-,14-,15-,18-,22?/m1/s1. The van der Waals surface area contributed by atoms with E-state index in [-0.39, 0.29) is 35.3 Å². The number of nitrogens with one attached hydrogen (secondary N) is 4. The maximum absolute atomic E-state index is 13.5. The van der Waals surface area contributed by atoms with Gasteiger partial charge in [0.2, 0.25) is 5.28 Å². The lowest BCUT2D eigenvalue weighted by Crippen LogP contribution is -2.63. The number of nitrogen functional groups attached to an aromatic ring is 1. The number of carbonyl (C=O) groups excluding carboxylic acids is 1. The molecule has 2 aromatic heterocycles.